The molecule has 7 heteroatoms. The molecule has 2 N–H and O–H groups in total. The number of hydrogen-bond donors (Lipinski definition) is 2. The van der Waals surface area contributed by atoms with Crippen LogP contribution in [0.4, 0.5) is 4.79 Å². The molecule has 4 amide bonds. The van der Waals surface area contributed by atoms with Gasteiger partial charge in [-0.1, -0.05) is 30.3 Å². The number of rotatable bonds is 6. The van der Waals surface area contributed by atoms with E-state index >= 15 is 0 Å². The zero-order valence-electron chi connectivity index (χ0n) is 13.8. The van der Waals surface area contributed by atoms with E-state index in [1.54, 1.807) is 19.1 Å². The fraction of sp³-hybridized carbons (Fsp3) is 0.278. The van der Waals surface area contributed by atoms with E-state index in [9.17, 15) is 14.4 Å². The second-order valence-electron chi connectivity index (χ2n) is 5.92. The van der Waals surface area contributed by atoms with Crippen LogP contribution in [-0.2, 0) is 16.0 Å². The van der Waals surface area contributed by atoms with Gasteiger partial charge in [-0.2, -0.15) is 0 Å². The molecule has 1 saturated heterocycles. The van der Waals surface area contributed by atoms with Crippen LogP contribution in [0, 0.1) is 0 Å². The van der Waals surface area contributed by atoms with Crippen LogP contribution in [0.2, 0.25) is 0 Å². The number of benzene rings is 1. The van der Waals surface area contributed by atoms with Crippen molar-refractivity contribution >= 4 is 17.8 Å². The number of furan rings is 1. The third-order valence-corrected chi connectivity index (χ3v) is 4.04. The SMILES string of the molecule is C[C@@H](NC(=O)CN1C(=O)N[C@H](Cc2ccccc2)C1=O)c1ccco1. The first-order valence-corrected chi connectivity index (χ1v) is 8.03. The molecule has 2 atom stereocenters. The van der Waals surface area contributed by atoms with Crippen LogP contribution < -0.4 is 10.6 Å². The number of hydrogen-bond acceptors (Lipinski definition) is 4. The van der Waals surface area contributed by atoms with E-state index < -0.39 is 23.9 Å². The largest absolute Gasteiger partial charge is 0.467 e. The molecule has 7 nitrogen and oxygen atoms in total. The molecule has 0 radical (unpaired) electrons. The monoisotopic (exact) mass is 341 g/mol. The molecule has 0 bridgehead atoms. The number of carbonyl (C=O) groups is 3. The van der Waals surface area contributed by atoms with Gasteiger partial charge in [0.25, 0.3) is 5.91 Å². The Balaban J connectivity index is 1.58. The average Bonchev–Trinajstić information content (AvgIpc) is 3.21. The van der Waals surface area contributed by atoms with Gasteiger partial charge < -0.3 is 15.1 Å². The fourth-order valence-electron chi connectivity index (χ4n) is 2.75. The maximum Gasteiger partial charge on any atom is 0.325 e. The zero-order valence-corrected chi connectivity index (χ0v) is 13.8. The van der Waals surface area contributed by atoms with Crippen molar-refractivity contribution in [2.75, 3.05) is 6.54 Å². The Morgan fingerprint density at radius 1 is 1.24 bits per heavy atom. The normalized spacial score (nSPS) is 18.1. The molecule has 25 heavy (non-hydrogen) atoms. The lowest BCUT2D eigenvalue weighted by Crippen LogP contribution is -2.41. The number of carbonyl (C=O) groups excluding carboxylic acids is 3. The maximum atomic E-state index is 12.4. The van der Waals surface area contributed by atoms with Crippen molar-refractivity contribution in [3.8, 4) is 0 Å². The van der Waals surface area contributed by atoms with Crippen molar-refractivity contribution in [1.29, 1.82) is 0 Å². The number of nitrogens with zero attached hydrogens (tertiary/aromatic N) is 1. The molecule has 1 fully saturated rings. The Hall–Kier alpha value is -3.09. The quantitative estimate of drug-likeness (QED) is 0.781. The molecule has 2 heterocycles. The van der Waals surface area contributed by atoms with Crippen molar-refractivity contribution < 1.29 is 18.8 Å². The van der Waals surface area contributed by atoms with Gasteiger partial charge in [-0.25, -0.2) is 4.79 Å². The fourth-order valence-corrected chi connectivity index (χ4v) is 2.75. The van der Waals surface area contributed by atoms with Gasteiger partial charge in [0.05, 0.1) is 12.3 Å². The van der Waals surface area contributed by atoms with E-state index in [0.29, 0.717) is 12.2 Å². The standard InChI is InChI=1S/C18H19N3O4/c1-12(15-8-5-9-25-15)19-16(22)11-21-17(23)14(20-18(21)24)10-13-6-3-2-4-7-13/h2-9,12,14H,10-11H2,1H3,(H,19,22)(H,20,24)/t12-,14-/m1/s1. The van der Waals surface area contributed by atoms with Gasteiger partial charge in [0.1, 0.15) is 18.3 Å². The molecule has 1 aliphatic rings. The van der Waals surface area contributed by atoms with Gasteiger partial charge in [-0.05, 0) is 24.6 Å². The van der Waals surface area contributed by atoms with Crippen LogP contribution in [0.1, 0.15) is 24.3 Å². The first-order chi connectivity index (χ1) is 12.0. The molecule has 1 aromatic heterocycles. The van der Waals surface area contributed by atoms with Crippen LogP contribution in [0.15, 0.2) is 53.1 Å². The second kappa shape index (κ2) is 7.21. The van der Waals surface area contributed by atoms with E-state index in [4.69, 9.17) is 4.42 Å². The predicted molar refractivity (Wildman–Crippen MR) is 89.4 cm³/mol. The minimum atomic E-state index is -0.648. The Morgan fingerprint density at radius 3 is 2.68 bits per heavy atom. The zero-order chi connectivity index (χ0) is 17.8. The summed E-state index contributed by atoms with van der Waals surface area (Å²) in [6.07, 6.45) is 1.91. The third-order valence-electron chi connectivity index (χ3n) is 4.04. The van der Waals surface area contributed by atoms with Crippen LogP contribution in [0.5, 0.6) is 0 Å². The Bertz CT molecular complexity index is 758. The smallest absolute Gasteiger partial charge is 0.325 e. The van der Waals surface area contributed by atoms with Crippen LogP contribution in [0.25, 0.3) is 0 Å². The van der Waals surface area contributed by atoms with Gasteiger partial charge in [0.15, 0.2) is 0 Å². The first-order valence-electron chi connectivity index (χ1n) is 8.03. The van der Waals surface area contributed by atoms with Crippen molar-refractivity contribution in [2.24, 2.45) is 0 Å². The number of urea groups is 1. The van der Waals surface area contributed by atoms with E-state index in [-0.39, 0.29) is 12.6 Å². The number of nitrogens with one attached hydrogen (secondary N) is 2. The summed E-state index contributed by atoms with van der Waals surface area (Å²) >= 11 is 0. The predicted octanol–water partition coefficient (Wildman–Crippen LogP) is 1.62. The highest BCUT2D eigenvalue weighted by Gasteiger charge is 2.38. The summed E-state index contributed by atoms with van der Waals surface area (Å²) in [7, 11) is 0. The highest BCUT2D eigenvalue weighted by atomic mass is 16.3. The number of amides is 4. The van der Waals surface area contributed by atoms with Gasteiger partial charge >= 0.3 is 6.03 Å². The summed E-state index contributed by atoms with van der Waals surface area (Å²) in [5.41, 5.74) is 0.943. The minimum Gasteiger partial charge on any atom is -0.467 e. The van der Waals surface area contributed by atoms with Crippen molar-refractivity contribution in [1.82, 2.24) is 15.5 Å². The van der Waals surface area contributed by atoms with Crippen LogP contribution >= 0.6 is 0 Å². The van der Waals surface area contributed by atoms with Gasteiger partial charge in [0.2, 0.25) is 5.91 Å². The first kappa shape index (κ1) is 16.8. The molecule has 2 aromatic rings. The molecule has 0 spiro atoms. The molecule has 130 valence electrons. The summed E-state index contributed by atoms with van der Waals surface area (Å²) in [5, 5.41) is 5.34. The summed E-state index contributed by atoms with van der Waals surface area (Å²) in [4.78, 5) is 37.5. The molecule has 1 aromatic carbocycles. The average molecular weight is 341 g/mol. The number of imide groups is 1. The topological polar surface area (TPSA) is 91.7 Å². The second-order valence-corrected chi connectivity index (χ2v) is 5.92. The van der Waals surface area contributed by atoms with Crippen LogP contribution in [-0.4, -0.2) is 35.3 Å². The molecular weight excluding hydrogens is 322 g/mol. The minimum absolute atomic E-state index is 0.318. The van der Waals surface area contributed by atoms with Crippen molar-refractivity contribution in [3.05, 3.63) is 60.1 Å². The van der Waals surface area contributed by atoms with E-state index in [1.165, 1.54) is 6.26 Å². The van der Waals surface area contributed by atoms with Crippen LogP contribution in [0.3, 0.4) is 0 Å². The van der Waals surface area contributed by atoms with Crippen molar-refractivity contribution in [2.45, 2.75) is 25.4 Å². The highest BCUT2D eigenvalue weighted by Crippen LogP contribution is 2.14. The lowest BCUT2D eigenvalue weighted by Gasteiger charge is -2.15. The van der Waals surface area contributed by atoms with E-state index in [1.807, 2.05) is 30.3 Å². The molecule has 0 aliphatic carbocycles. The summed E-state index contributed by atoms with van der Waals surface area (Å²) in [6.45, 7) is 1.45. The van der Waals surface area contributed by atoms with E-state index in [2.05, 4.69) is 10.6 Å². The van der Waals surface area contributed by atoms with Gasteiger partial charge in [0, 0.05) is 6.42 Å². The molecule has 0 unspecified atom stereocenters. The van der Waals surface area contributed by atoms with Crippen molar-refractivity contribution in [3.63, 3.8) is 0 Å². The summed E-state index contributed by atoms with van der Waals surface area (Å²) in [6, 6.07) is 11.3. The van der Waals surface area contributed by atoms with E-state index in [0.717, 1.165) is 10.5 Å². The Kier molecular flexibility index (Phi) is 4.83. The Morgan fingerprint density at radius 2 is 2.00 bits per heavy atom. The maximum absolute atomic E-state index is 12.4. The molecule has 0 saturated carbocycles. The molecule has 1 aliphatic heterocycles. The molecular formula is C18H19N3O4. The van der Waals surface area contributed by atoms with Gasteiger partial charge in [-0.15, -0.1) is 0 Å². The third kappa shape index (κ3) is 3.88. The lowest BCUT2D eigenvalue weighted by atomic mass is 10.1. The van der Waals surface area contributed by atoms with Gasteiger partial charge in [-0.3, -0.25) is 14.5 Å². The summed E-state index contributed by atoms with van der Waals surface area (Å²) < 4.78 is 5.22. The summed E-state index contributed by atoms with van der Waals surface area (Å²) in [5.74, 6) is -0.213. The highest BCUT2D eigenvalue weighted by molar-refractivity contribution is 6.06. The Labute approximate surface area is 145 Å². The lowest BCUT2D eigenvalue weighted by molar-refractivity contribution is -0.132. The molecule has 3 rings (SSSR count).